The number of hydrogen-bond donors (Lipinski definition) is 2. The van der Waals surface area contributed by atoms with Crippen molar-refractivity contribution in [1.82, 2.24) is 0 Å². The van der Waals surface area contributed by atoms with Crippen LogP contribution in [0.3, 0.4) is 0 Å². The Morgan fingerprint density at radius 3 is 2.31 bits per heavy atom. The lowest BCUT2D eigenvalue weighted by atomic mass is 10.0. The van der Waals surface area contributed by atoms with Crippen molar-refractivity contribution < 1.29 is 24.5 Å². The molecule has 2 rings (SSSR count). The van der Waals surface area contributed by atoms with Crippen molar-refractivity contribution in [2.75, 3.05) is 6.61 Å². The van der Waals surface area contributed by atoms with E-state index in [-0.39, 0.29) is 17.1 Å². The summed E-state index contributed by atoms with van der Waals surface area (Å²) in [6.07, 6.45) is -0.00269. The van der Waals surface area contributed by atoms with Gasteiger partial charge in [0.2, 0.25) is 0 Å². The molecule has 0 aromatic heterocycles. The van der Waals surface area contributed by atoms with Crippen molar-refractivity contribution in [3.8, 4) is 0 Å². The molecule has 0 amide bonds. The molecular formula is C8H8O5. The van der Waals surface area contributed by atoms with E-state index in [2.05, 4.69) is 0 Å². The number of fused-ring (bicyclic) bond motifs is 2. The third kappa shape index (κ3) is 1.04. The zero-order valence-electron chi connectivity index (χ0n) is 6.69. The molecule has 0 unspecified atom stereocenters. The highest BCUT2D eigenvalue weighted by Gasteiger charge is 2.46. The fraction of sp³-hybridized carbons (Fsp3) is 0.500. The van der Waals surface area contributed by atoms with Crippen LogP contribution in [0.4, 0.5) is 0 Å². The fourth-order valence-corrected chi connectivity index (χ4v) is 1.97. The minimum Gasteiger partial charge on any atom is -0.478 e. The van der Waals surface area contributed by atoms with Gasteiger partial charge in [-0.05, 0) is 6.42 Å². The van der Waals surface area contributed by atoms with Gasteiger partial charge in [0, 0.05) is 5.92 Å². The van der Waals surface area contributed by atoms with Crippen molar-refractivity contribution in [2.24, 2.45) is 5.92 Å². The van der Waals surface area contributed by atoms with Gasteiger partial charge in [0.05, 0.1) is 23.9 Å². The van der Waals surface area contributed by atoms with Crippen LogP contribution in [0.25, 0.3) is 0 Å². The first-order valence-corrected chi connectivity index (χ1v) is 3.93. The Morgan fingerprint density at radius 1 is 1.23 bits per heavy atom. The number of carboxylic acids is 2. The summed E-state index contributed by atoms with van der Waals surface area (Å²) in [5, 5.41) is 17.5. The normalized spacial score (nSPS) is 31.1. The van der Waals surface area contributed by atoms with E-state index in [1.165, 1.54) is 0 Å². The molecule has 5 nitrogen and oxygen atoms in total. The highest BCUT2D eigenvalue weighted by Crippen LogP contribution is 2.40. The Labute approximate surface area is 73.6 Å². The van der Waals surface area contributed by atoms with Gasteiger partial charge in [-0.2, -0.15) is 0 Å². The Bertz CT molecular complexity index is 286. The summed E-state index contributed by atoms with van der Waals surface area (Å²) in [6, 6.07) is 0. The molecule has 2 aliphatic rings. The summed E-state index contributed by atoms with van der Waals surface area (Å²) in [5.41, 5.74) is -0.0347. The maximum absolute atomic E-state index is 10.7. The molecule has 1 aliphatic heterocycles. The second kappa shape index (κ2) is 2.56. The molecule has 1 heterocycles. The van der Waals surface area contributed by atoms with Crippen LogP contribution in [-0.2, 0) is 14.3 Å². The summed E-state index contributed by atoms with van der Waals surface area (Å²) in [6.45, 7) is 0.336. The van der Waals surface area contributed by atoms with Gasteiger partial charge in [0.15, 0.2) is 0 Å². The first kappa shape index (κ1) is 8.25. The van der Waals surface area contributed by atoms with Gasteiger partial charge >= 0.3 is 11.9 Å². The van der Waals surface area contributed by atoms with E-state index in [1.54, 1.807) is 0 Å². The molecule has 70 valence electrons. The number of ether oxygens (including phenoxy) is 1. The smallest absolute Gasteiger partial charge is 0.334 e. The lowest BCUT2D eigenvalue weighted by Gasteiger charge is -2.13. The van der Waals surface area contributed by atoms with Crippen LogP contribution in [0.15, 0.2) is 11.1 Å². The predicted octanol–water partition coefficient (Wildman–Crippen LogP) is -0.129. The monoisotopic (exact) mass is 184 g/mol. The Morgan fingerprint density at radius 2 is 1.85 bits per heavy atom. The van der Waals surface area contributed by atoms with Gasteiger partial charge in [-0.1, -0.05) is 0 Å². The topological polar surface area (TPSA) is 83.8 Å². The van der Waals surface area contributed by atoms with Crippen molar-refractivity contribution in [2.45, 2.75) is 12.5 Å². The Hall–Kier alpha value is -1.36. The molecule has 5 heteroatoms. The van der Waals surface area contributed by atoms with E-state index in [9.17, 15) is 9.59 Å². The summed E-state index contributed by atoms with van der Waals surface area (Å²) in [4.78, 5) is 21.4. The van der Waals surface area contributed by atoms with Gasteiger partial charge in [-0.3, -0.25) is 0 Å². The minimum atomic E-state index is -1.18. The van der Waals surface area contributed by atoms with Crippen LogP contribution in [0.2, 0.25) is 0 Å². The summed E-state index contributed by atoms with van der Waals surface area (Å²) >= 11 is 0. The number of carboxylic acid groups (broad SMARTS) is 2. The molecule has 1 fully saturated rings. The second-order valence-electron chi connectivity index (χ2n) is 3.19. The first-order valence-electron chi connectivity index (χ1n) is 3.93. The number of hydrogen-bond acceptors (Lipinski definition) is 3. The lowest BCUT2D eigenvalue weighted by Crippen LogP contribution is -2.23. The molecule has 1 saturated heterocycles. The van der Waals surface area contributed by atoms with Crippen LogP contribution in [0.5, 0.6) is 0 Å². The summed E-state index contributed by atoms with van der Waals surface area (Å²) in [5.74, 6) is -2.54. The van der Waals surface area contributed by atoms with E-state index < -0.39 is 18.0 Å². The molecule has 0 aromatic carbocycles. The van der Waals surface area contributed by atoms with Gasteiger partial charge in [0.25, 0.3) is 0 Å². The molecule has 2 atom stereocenters. The van der Waals surface area contributed by atoms with E-state index in [1.807, 2.05) is 0 Å². The molecule has 0 aromatic rings. The van der Waals surface area contributed by atoms with Crippen molar-refractivity contribution in [3.63, 3.8) is 0 Å². The van der Waals surface area contributed by atoms with Crippen LogP contribution in [-0.4, -0.2) is 34.9 Å². The average molecular weight is 184 g/mol. The van der Waals surface area contributed by atoms with Gasteiger partial charge in [0.1, 0.15) is 0 Å². The molecule has 0 radical (unpaired) electrons. The van der Waals surface area contributed by atoms with E-state index in [0.29, 0.717) is 13.0 Å². The average Bonchev–Trinajstić information content (AvgIpc) is 2.60. The lowest BCUT2D eigenvalue weighted by molar-refractivity contribution is -0.137. The van der Waals surface area contributed by atoms with E-state index in [0.717, 1.165) is 0 Å². The summed E-state index contributed by atoms with van der Waals surface area (Å²) in [7, 11) is 0. The zero-order chi connectivity index (χ0) is 9.59. The molecular weight excluding hydrogens is 176 g/mol. The molecule has 0 spiro atoms. The number of rotatable bonds is 2. The zero-order valence-corrected chi connectivity index (χ0v) is 6.69. The molecule has 0 saturated carbocycles. The van der Waals surface area contributed by atoms with Gasteiger partial charge in [-0.25, -0.2) is 9.59 Å². The van der Waals surface area contributed by atoms with Crippen LogP contribution in [0.1, 0.15) is 6.42 Å². The number of carbonyl (C=O) groups is 2. The van der Waals surface area contributed by atoms with Crippen LogP contribution >= 0.6 is 0 Å². The number of aliphatic carboxylic acids is 2. The standard InChI is InChI=1S/C8H8O5/c9-7(10)5-3-1-4(13-2-3)6(5)8(11)12/h3-4H,1-2H2,(H,9,10)(H,11,12)/t3-,4-/m0/s1. The van der Waals surface area contributed by atoms with E-state index >= 15 is 0 Å². The van der Waals surface area contributed by atoms with E-state index in [4.69, 9.17) is 14.9 Å². The Balaban J connectivity index is 2.46. The Kier molecular flexibility index (Phi) is 1.63. The first-order chi connectivity index (χ1) is 6.11. The highest BCUT2D eigenvalue weighted by molar-refractivity contribution is 6.01. The fourth-order valence-electron chi connectivity index (χ4n) is 1.97. The minimum absolute atomic E-state index is 0.0313. The summed E-state index contributed by atoms with van der Waals surface area (Å²) < 4.78 is 5.10. The van der Waals surface area contributed by atoms with Crippen LogP contribution in [0, 0.1) is 5.92 Å². The maximum Gasteiger partial charge on any atom is 0.334 e. The largest absolute Gasteiger partial charge is 0.478 e. The maximum atomic E-state index is 10.7. The molecule has 2 bridgehead atoms. The SMILES string of the molecule is O=C(O)C1=C(C(=O)O)[C@@H]2C[C@H]1CO2. The van der Waals surface area contributed by atoms with Crippen LogP contribution < -0.4 is 0 Å². The van der Waals surface area contributed by atoms with Crippen molar-refractivity contribution in [3.05, 3.63) is 11.1 Å². The quantitative estimate of drug-likeness (QED) is 0.624. The van der Waals surface area contributed by atoms with Crippen molar-refractivity contribution >= 4 is 11.9 Å². The molecule has 1 aliphatic carbocycles. The molecule has 13 heavy (non-hydrogen) atoms. The molecule has 2 N–H and O–H groups in total. The third-order valence-electron chi connectivity index (χ3n) is 2.48. The van der Waals surface area contributed by atoms with Crippen molar-refractivity contribution in [1.29, 1.82) is 0 Å². The highest BCUT2D eigenvalue weighted by atomic mass is 16.5. The van der Waals surface area contributed by atoms with Gasteiger partial charge < -0.3 is 14.9 Å². The third-order valence-corrected chi connectivity index (χ3v) is 2.48. The van der Waals surface area contributed by atoms with Gasteiger partial charge in [-0.15, -0.1) is 0 Å². The second-order valence-corrected chi connectivity index (χ2v) is 3.19. The predicted molar refractivity (Wildman–Crippen MR) is 40.1 cm³/mol.